The number of alkyl halides is 3. The molecule has 16 heavy (non-hydrogen) atoms. The van der Waals surface area contributed by atoms with Crippen molar-refractivity contribution < 1.29 is 13.2 Å². The lowest BCUT2D eigenvalue weighted by atomic mass is 9.88. The molecule has 0 heterocycles. The summed E-state index contributed by atoms with van der Waals surface area (Å²) in [6.07, 6.45) is -0.316. The molecule has 2 atom stereocenters. The van der Waals surface area contributed by atoms with Crippen molar-refractivity contribution in [3.05, 3.63) is 0 Å². The Morgan fingerprint density at radius 1 is 1.19 bits per heavy atom. The van der Waals surface area contributed by atoms with Crippen LogP contribution in [-0.2, 0) is 0 Å². The molecule has 0 aliphatic heterocycles. The van der Waals surface area contributed by atoms with Crippen LogP contribution in [0.4, 0.5) is 13.2 Å². The number of nitrogens with one attached hydrogen (secondary N) is 1. The molecule has 0 bridgehead atoms. The van der Waals surface area contributed by atoms with Gasteiger partial charge in [-0.1, -0.05) is 33.1 Å². The van der Waals surface area contributed by atoms with Gasteiger partial charge in [-0.05, 0) is 31.7 Å². The zero-order valence-corrected chi connectivity index (χ0v) is 10.2. The third-order valence-corrected chi connectivity index (χ3v) is 3.83. The Bertz CT molecular complexity index is 215. The van der Waals surface area contributed by atoms with E-state index in [9.17, 15) is 13.2 Å². The first kappa shape index (κ1) is 13.8. The quantitative estimate of drug-likeness (QED) is 0.734. The second kappa shape index (κ2) is 5.39. The van der Waals surface area contributed by atoms with Crippen LogP contribution in [0.2, 0.25) is 0 Å². The van der Waals surface area contributed by atoms with Crippen molar-refractivity contribution in [3.63, 3.8) is 0 Å². The third-order valence-electron chi connectivity index (χ3n) is 3.83. The van der Waals surface area contributed by atoms with Gasteiger partial charge in [-0.15, -0.1) is 0 Å². The van der Waals surface area contributed by atoms with Crippen molar-refractivity contribution in [2.24, 2.45) is 5.92 Å². The van der Waals surface area contributed by atoms with Gasteiger partial charge in [0.25, 0.3) is 0 Å². The molecule has 96 valence electrons. The maximum absolute atomic E-state index is 13.1. The van der Waals surface area contributed by atoms with E-state index in [1.54, 1.807) is 6.92 Å². The summed E-state index contributed by atoms with van der Waals surface area (Å²) in [5.74, 6) is 0.475. The van der Waals surface area contributed by atoms with E-state index in [1.165, 1.54) is 0 Å². The second-order valence-electron chi connectivity index (χ2n) is 4.82. The Morgan fingerprint density at radius 2 is 1.88 bits per heavy atom. The van der Waals surface area contributed by atoms with Crippen LogP contribution in [-0.4, -0.2) is 18.3 Å². The summed E-state index contributed by atoms with van der Waals surface area (Å²) >= 11 is 0. The Kier molecular flexibility index (Phi) is 4.65. The fourth-order valence-corrected chi connectivity index (χ4v) is 2.72. The molecule has 0 spiro atoms. The van der Waals surface area contributed by atoms with Crippen LogP contribution in [0.1, 0.15) is 52.4 Å². The van der Waals surface area contributed by atoms with Crippen LogP contribution in [0.15, 0.2) is 0 Å². The van der Waals surface area contributed by atoms with Gasteiger partial charge >= 0.3 is 6.18 Å². The zero-order chi connectivity index (χ0) is 12.2. The van der Waals surface area contributed by atoms with E-state index >= 15 is 0 Å². The fraction of sp³-hybridized carbons (Fsp3) is 1.00. The van der Waals surface area contributed by atoms with Gasteiger partial charge in [0.15, 0.2) is 0 Å². The van der Waals surface area contributed by atoms with Gasteiger partial charge in [0.1, 0.15) is 5.54 Å². The summed E-state index contributed by atoms with van der Waals surface area (Å²) in [4.78, 5) is 0. The summed E-state index contributed by atoms with van der Waals surface area (Å²) in [6, 6.07) is 0. The van der Waals surface area contributed by atoms with Crippen LogP contribution in [0.25, 0.3) is 0 Å². The molecule has 0 saturated heterocycles. The van der Waals surface area contributed by atoms with E-state index in [1.807, 2.05) is 0 Å². The van der Waals surface area contributed by atoms with Crippen molar-refractivity contribution in [1.29, 1.82) is 0 Å². The molecule has 0 aromatic rings. The molecule has 0 aromatic carbocycles. The monoisotopic (exact) mass is 237 g/mol. The van der Waals surface area contributed by atoms with Gasteiger partial charge < -0.3 is 5.32 Å². The molecule has 1 fully saturated rings. The second-order valence-corrected chi connectivity index (χ2v) is 4.82. The molecular weight excluding hydrogens is 215 g/mol. The maximum Gasteiger partial charge on any atom is 0.406 e. The fourth-order valence-electron chi connectivity index (χ4n) is 2.72. The van der Waals surface area contributed by atoms with E-state index in [2.05, 4.69) is 12.2 Å². The molecule has 0 aromatic heterocycles. The van der Waals surface area contributed by atoms with Gasteiger partial charge in [-0.2, -0.15) is 13.2 Å². The standard InChI is InChI=1S/C12H22F3N/c1-3-10-6-5-8-11(9-7-10,16-4-2)12(13,14)15/h10,16H,3-9H2,1-2H3. The molecule has 2 unspecified atom stereocenters. The molecule has 1 N–H and O–H groups in total. The molecule has 1 saturated carbocycles. The first-order chi connectivity index (χ1) is 7.45. The molecule has 1 aliphatic carbocycles. The normalized spacial score (nSPS) is 32.4. The summed E-state index contributed by atoms with van der Waals surface area (Å²) in [7, 11) is 0. The lowest BCUT2D eigenvalue weighted by Gasteiger charge is -2.35. The smallest absolute Gasteiger partial charge is 0.304 e. The van der Waals surface area contributed by atoms with E-state index in [0.29, 0.717) is 25.3 Å². The first-order valence-electron chi connectivity index (χ1n) is 6.27. The molecule has 0 radical (unpaired) electrons. The molecule has 1 nitrogen and oxygen atoms in total. The predicted octanol–water partition coefficient (Wildman–Crippen LogP) is 3.89. The van der Waals surface area contributed by atoms with Gasteiger partial charge in [-0.3, -0.25) is 0 Å². The highest BCUT2D eigenvalue weighted by molar-refractivity contribution is 4.96. The highest BCUT2D eigenvalue weighted by Gasteiger charge is 2.53. The predicted molar refractivity (Wildman–Crippen MR) is 59.3 cm³/mol. The molecule has 4 heteroatoms. The number of halogens is 3. The first-order valence-corrected chi connectivity index (χ1v) is 6.27. The van der Waals surface area contributed by atoms with Gasteiger partial charge in [0.2, 0.25) is 0 Å². The SMILES string of the molecule is CCNC1(C(F)(F)F)CCCC(CC)CC1. The molecular formula is C12H22F3N. The molecule has 1 aliphatic rings. The van der Waals surface area contributed by atoms with Gasteiger partial charge in [0, 0.05) is 0 Å². The Balaban J connectivity index is 2.78. The van der Waals surface area contributed by atoms with Crippen LogP contribution in [0.3, 0.4) is 0 Å². The topological polar surface area (TPSA) is 12.0 Å². The minimum absolute atomic E-state index is 0.237. The highest BCUT2D eigenvalue weighted by atomic mass is 19.4. The maximum atomic E-state index is 13.1. The Labute approximate surface area is 95.8 Å². The van der Waals surface area contributed by atoms with Crippen molar-refractivity contribution >= 4 is 0 Å². The number of rotatable bonds is 3. The minimum atomic E-state index is -4.12. The number of hydrogen-bond acceptors (Lipinski definition) is 1. The van der Waals surface area contributed by atoms with Crippen molar-refractivity contribution in [3.8, 4) is 0 Å². The highest BCUT2D eigenvalue weighted by Crippen LogP contribution is 2.42. The minimum Gasteiger partial charge on any atom is -0.304 e. The Morgan fingerprint density at radius 3 is 2.38 bits per heavy atom. The largest absolute Gasteiger partial charge is 0.406 e. The van der Waals surface area contributed by atoms with E-state index < -0.39 is 11.7 Å². The average Bonchev–Trinajstić information content (AvgIpc) is 2.40. The van der Waals surface area contributed by atoms with Crippen LogP contribution in [0.5, 0.6) is 0 Å². The van der Waals surface area contributed by atoms with Crippen LogP contribution < -0.4 is 5.32 Å². The Hall–Kier alpha value is -0.250. The van der Waals surface area contributed by atoms with Crippen molar-refractivity contribution in [2.75, 3.05) is 6.54 Å². The van der Waals surface area contributed by atoms with Crippen LogP contribution in [0, 0.1) is 5.92 Å². The van der Waals surface area contributed by atoms with Gasteiger partial charge in [-0.25, -0.2) is 0 Å². The zero-order valence-electron chi connectivity index (χ0n) is 10.2. The molecule has 0 amide bonds. The van der Waals surface area contributed by atoms with E-state index in [-0.39, 0.29) is 12.8 Å². The molecule has 1 rings (SSSR count). The summed E-state index contributed by atoms with van der Waals surface area (Å²) < 4.78 is 39.4. The van der Waals surface area contributed by atoms with Crippen molar-refractivity contribution in [2.45, 2.75) is 64.1 Å². The van der Waals surface area contributed by atoms with Crippen LogP contribution >= 0.6 is 0 Å². The summed E-state index contributed by atoms with van der Waals surface area (Å²) in [5, 5.41) is 2.70. The number of hydrogen-bond donors (Lipinski definition) is 1. The van der Waals surface area contributed by atoms with Crippen molar-refractivity contribution in [1.82, 2.24) is 5.32 Å². The lowest BCUT2D eigenvalue weighted by Crippen LogP contribution is -2.56. The average molecular weight is 237 g/mol. The summed E-state index contributed by atoms with van der Waals surface area (Å²) in [5.41, 5.74) is -1.62. The third kappa shape index (κ3) is 2.90. The summed E-state index contributed by atoms with van der Waals surface area (Å²) in [6.45, 7) is 4.20. The van der Waals surface area contributed by atoms with Gasteiger partial charge in [0.05, 0.1) is 0 Å². The lowest BCUT2D eigenvalue weighted by molar-refractivity contribution is -0.200. The van der Waals surface area contributed by atoms with E-state index in [0.717, 1.165) is 12.8 Å². The van der Waals surface area contributed by atoms with E-state index in [4.69, 9.17) is 0 Å².